The number of hydrogen-bond donors (Lipinski definition) is 0. The molecule has 0 aromatic heterocycles. The van der Waals surface area contributed by atoms with Gasteiger partial charge in [0.1, 0.15) is 0 Å². The van der Waals surface area contributed by atoms with Crippen LogP contribution in [0.4, 0.5) is 17.1 Å². The number of benzene rings is 10. The Kier molecular flexibility index (Phi) is 8.13. The maximum atomic E-state index is 7.18. The van der Waals surface area contributed by atoms with E-state index in [0.717, 1.165) is 44.9 Å². The van der Waals surface area contributed by atoms with Crippen molar-refractivity contribution in [2.45, 2.75) is 5.41 Å². The van der Waals surface area contributed by atoms with Crippen molar-refractivity contribution in [1.82, 2.24) is 0 Å². The molecule has 64 heavy (non-hydrogen) atoms. The molecule has 13 rings (SSSR count). The van der Waals surface area contributed by atoms with Crippen LogP contribution in [0.5, 0.6) is 23.0 Å². The Morgan fingerprint density at radius 3 is 1.30 bits per heavy atom. The lowest BCUT2D eigenvalue weighted by atomic mass is 9.70. The molecule has 2 aliphatic carbocycles. The van der Waals surface area contributed by atoms with Crippen LogP contribution in [0.25, 0.3) is 55.6 Å². The van der Waals surface area contributed by atoms with Gasteiger partial charge in [0.2, 0.25) is 0 Å². The molecule has 1 spiro atoms. The van der Waals surface area contributed by atoms with Crippen molar-refractivity contribution in [3.8, 4) is 78.6 Å². The minimum atomic E-state index is -0.479. The molecule has 0 saturated carbocycles. The average Bonchev–Trinajstić information content (AvgIpc) is 3.83. The highest BCUT2D eigenvalue weighted by Crippen LogP contribution is 2.65. The van der Waals surface area contributed by atoms with Crippen LogP contribution in [0.1, 0.15) is 22.3 Å². The Labute approximate surface area is 372 Å². The highest BCUT2D eigenvalue weighted by Gasteiger charge is 2.52. The fourth-order valence-corrected chi connectivity index (χ4v) is 10.5. The van der Waals surface area contributed by atoms with E-state index in [4.69, 9.17) is 9.47 Å². The minimum Gasteiger partial charge on any atom is -0.449 e. The van der Waals surface area contributed by atoms with Crippen molar-refractivity contribution >= 4 is 17.1 Å². The van der Waals surface area contributed by atoms with E-state index in [1.54, 1.807) is 0 Å². The first-order valence-electron chi connectivity index (χ1n) is 21.9. The lowest BCUT2D eigenvalue weighted by molar-refractivity contribution is 0.360. The number of rotatable bonds is 6. The van der Waals surface area contributed by atoms with E-state index in [-0.39, 0.29) is 0 Å². The molecule has 0 fully saturated rings. The van der Waals surface area contributed by atoms with Crippen LogP contribution in [0, 0.1) is 0 Å². The zero-order chi connectivity index (χ0) is 42.2. The Bertz CT molecular complexity index is 3400. The highest BCUT2D eigenvalue weighted by molar-refractivity contribution is 5.96. The summed E-state index contributed by atoms with van der Waals surface area (Å²) in [6.07, 6.45) is 0. The molecule has 0 amide bonds. The van der Waals surface area contributed by atoms with Crippen molar-refractivity contribution in [3.05, 3.63) is 259 Å². The van der Waals surface area contributed by atoms with Gasteiger partial charge in [0, 0.05) is 11.4 Å². The number of fused-ring (bicyclic) bond motifs is 12. The third-order valence-corrected chi connectivity index (χ3v) is 13.3. The van der Waals surface area contributed by atoms with Crippen molar-refractivity contribution in [1.29, 1.82) is 0 Å². The van der Waals surface area contributed by atoms with Gasteiger partial charge in [0.25, 0.3) is 0 Å². The maximum absolute atomic E-state index is 7.18. The first-order valence-corrected chi connectivity index (χ1v) is 21.9. The van der Waals surface area contributed by atoms with E-state index in [1.165, 1.54) is 50.1 Å². The topological polar surface area (TPSA) is 21.7 Å². The lowest BCUT2D eigenvalue weighted by Gasteiger charge is -2.32. The Hall–Kier alpha value is -8.40. The summed E-state index contributed by atoms with van der Waals surface area (Å²) in [4.78, 5) is 2.30. The normalized spacial score (nSPS) is 13.1. The SMILES string of the molecule is c1ccc(-c2ccc(-c3cccc(N(c4cccc(-c5ccccc5)c4)c4cccc5c4Oc4cc6c(cc4O5)C4(c5ccccc5-c5ccccc54)c4ccccc4-6)c3)cc2)cc1. The molecule has 3 nitrogen and oxygen atoms in total. The fraction of sp³-hybridized carbons (Fsp3) is 0.0164. The van der Waals surface area contributed by atoms with Gasteiger partial charge < -0.3 is 14.4 Å². The summed E-state index contributed by atoms with van der Waals surface area (Å²) in [6, 6.07) is 84.7. The summed E-state index contributed by atoms with van der Waals surface area (Å²) >= 11 is 0. The van der Waals surface area contributed by atoms with Crippen molar-refractivity contribution in [3.63, 3.8) is 0 Å². The molecule has 3 aliphatic rings. The van der Waals surface area contributed by atoms with Crippen LogP contribution in [-0.4, -0.2) is 0 Å². The molecule has 1 heterocycles. The molecule has 10 aromatic rings. The van der Waals surface area contributed by atoms with Crippen molar-refractivity contribution < 1.29 is 9.47 Å². The van der Waals surface area contributed by atoms with Gasteiger partial charge in [-0.3, -0.25) is 0 Å². The number of nitrogens with zero attached hydrogens (tertiary/aromatic N) is 1. The van der Waals surface area contributed by atoms with Gasteiger partial charge in [0.15, 0.2) is 23.0 Å². The zero-order valence-electron chi connectivity index (χ0n) is 34.8. The second-order valence-corrected chi connectivity index (χ2v) is 16.8. The molecule has 0 radical (unpaired) electrons. The molecule has 0 unspecified atom stereocenters. The first kappa shape index (κ1) is 36.3. The van der Waals surface area contributed by atoms with Gasteiger partial charge in [-0.1, -0.05) is 188 Å². The van der Waals surface area contributed by atoms with Crippen molar-refractivity contribution in [2.24, 2.45) is 0 Å². The van der Waals surface area contributed by atoms with E-state index in [0.29, 0.717) is 23.0 Å². The Balaban J connectivity index is 0.953. The highest BCUT2D eigenvalue weighted by atomic mass is 16.6. The largest absolute Gasteiger partial charge is 0.449 e. The number of ether oxygens (including phenoxy) is 2. The summed E-state index contributed by atoms with van der Waals surface area (Å²) in [5.74, 6) is 2.72. The van der Waals surface area contributed by atoms with Gasteiger partial charge in [-0.25, -0.2) is 0 Å². The predicted octanol–water partition coefficient (Wildman–Crippen LogP) is 16.4. The van der Waals surface area contributed by atoms with E-state index in [9.17, 15) is 0 Å². The number of para-hydroxylation sites is 1. The van der Waals surface area contributed by atoms with Crippen LogP contribution in [0.2, 0.25) is 0 Å². The fourth-order valence-electron chi connectivity index (χ4n) is 10.5. The standard InChI is InChI=1S/C61H39NO2/c1-3-16-40(17-4-1)42-32-34-43(35-33-42)45-21-14-23-47(37-45)62(46-22-13-20-44(36-46)41-18-5-2-6-19-41)56-30-15-31-57-60(56)64-58-38-51-50-26-9-12-29-54(50)61(55(51)39-59(58)63-57)52-27-10-7-24-48(52)49-25-8-11-28-53(49)61/h1-39H. The molecule has 3 heteroatoms. The molecule has 0 atom stereocenters. The van der Waals surface area contributed by atoms with Gasteiger partial charge in [-0.2, -0.15) is 0 Å². The molecule has 10 aromatic carbocycles. The first-order chi connectivity index (χ1) is 31.7. The average molecular weight is 818 g/mol. The van der Waals surface area contributed by atoms with Gasteiger partial charge in [-0.15, -0.1) is 0 Å². The van der Waals surface area contributed by atoms with Crippen LogP contribution in [-0.2, 0) is 5.41 Å². The van der Waals surface area contributed by atoms with Crippen LogP contribution in [0.3, 0.4) is 0 Å². The third-order valence-electron chi connectivity index (χ3n) is 13.3. The summed E-state index contributed by atoms with van der Waals surface area (Å²) in [5, 5.41) is 0. The maximum Gasteiger partial charge on any atom is 0.194 e. The zero-order valence-corrected chi connectivity index (χ0v) is 34.8. The van der Waals surface area contributed by atoms with Gasteiger partial charge >= 0.3 is 0 Å². The predicted molar refractivity (Wildman–Crippen MR) is 260 cm³/mol. The van der Waals surface area contributed by atoms with Crippen LogP contribution < -0.4 is 14.4 Å². The monoisotopic (exact) mass is 817 g/mol. The van der Waals surface area contributed by atoms with Crippen LogP contribution in [0.15, 0.2) is 237 Å². The molecule has 1 aliphatic heterocycles. The Morgan fingerprint density at radius 1 is 0.281 bits per heavy atom. The second kappa shape index (κ2) is 14.3. The minimum absolute atomic E-state index is 0.479. The summed E-state index contributed by atoms with van der Waals surface area (Å²) in [6.45, 7) is 0. The molecule has 0 saturated heterocycles. The molecule has 300 valence electrons. The van der Waals surface area contributed by atoms with E-state index in [2.05, 4.69) is 235 Å². The summed E-state index contributed by atoms with van der Waals surface area (Å²) in [5.41, 5.74) is 19.3. The van der Waals surface area contributed by atoms with Gasteiger partial charge in [0.05, 0.1) is 11.1 Å². The third kappa shape index (κ3) is 5.47. The smallest absolute Gasteiger partial charge is 0.194 e. The van der Waals surface area contributed by atoms with E-state index in [1.807, 2.05) is 6.07 Å². The number of hydrogen-bond acceptors (Lipinski definition) is 3. The molecular weight excluding hydrogens is 779 g/mol. The van der Waals surface area contributed by atoms with Gasteiger partial charge in [-0.05, 0) is 126 Å². The Morgan fingerprint density at radius 2 is 0.719 bits per heavy atom. The summed E-state index contributed by atoms with van der Waals surface area (Å²) in [7, 11) is 0. The molecular formula is C61H39NO2. The molecule has 0 bridgehead atoms. The van der Waals surface area contributed by atoms with E-state index >= 15 is 0 Å². The number of anilines is 3. The second-order valence-electron chi connectivity index (χ2n) is 16.8. The van der Waals surface area contributed by atoms with Crippen LogP contribution >= 0.6 is 0 Å². The quantitative estimate of drug-likeness (QED) is 0.167. The lowest BCUT2D eigenvalue weighted by Crippen LogP contribution is -2.25. The van der Waals surface area contributed by atoms with E-state index < -0.39 is 5.41 Å². The molecule has 0 N–H and O–H groups in total. The summed E-state index contributed by atoms with van der Waals surface area (Å²) < 4.78 is 14.2. The van der Waals surface area contributed by atoms with Crippen molar-refractivity contribution in [2.75, 3.05) is 4.90 Å².